The highest BCUT2D eigenvalue weighted by Gasteiger charge is 2.36. The second kappa shape index (κ2) is 5.13. The molecule has 0 aliphatic carbocycles. The Hall–Kier alpha value is -1.08. The fraction of sp³-hybridized carbons (Fsp3) is 0.500. The van der Waals surface area contributed by atoms with Crippen molar-refractivity contribution in [3.05, 3.63) is 35.4 Å². The van der Waals surface area contributed by atoms with Crippen molar-refractivity contribution in [1.82, 2.24) is 5.32 Å². The average molecular weight is 293 g/mol. The minimum Gasteiger partial charge on any atom is -0.315 e. The second-order valence-corrected chi connectivity index (χ2v) is 6.86. The van der Waals surface area contributed by atoms with E-state index >= 15 is 0 Å². The van der Waals surface area contributed by atoms with E-state index in [1.807, 2.05) is 0 Å². The smallest absolute Gasteiger partial charge is 0.315 e. The first-order valence-corrected chi connectivity index (χ1v) is 7.59. The molecule has 7 heteroatoms. The van der Waals surface area contributed by atoms with Gasteiger partial charge < -0.3 is 5.32 Å². The largest absolute Gasteiger partial charge is 0.416 e. The van der Waals surface area contributed by atoms with Crippen LogP contribution in [0.2, 0.25) is 0 Å². The molecule has 19 heavy (non-hydrogen) atoms. The molecule has 1 fully saturated rings. The van der Waals surface area contributed by atoms with Crippen molar-refractivity contribution in [3.63, 3.8) is 0 Å². The predicted octanol–water partition coefficient (Wildman–Crippen LogP) is 1.98. The molecule has 1 N–H and O–H groups in total. The molecular formula is C12H14F3NO2S. The second-order valence-electron chi connectivity index (χ2n) is 4.58. The summed E-state index contributed by atoms with van der Waals surface area (Å²) in [7, 11) is -3.56. The van der Waals surface area contributed by atoms with E-state index < -0.39 is 32.6 Å². The summed E-state index contributed by atoms with van der Waals surface area (Å²) in [5.74, 6) is -0.560. The number of hydrogen-bond acceptors (Lipinski definition) is 3. The van der Waals surface area contributed by atoms with E-state index in [9.17, 15) is 21.6 Å². The van der Waals surface area contributed by atoms with Gasteiger partial charge in [0.05, 0.1) is 16.6 Å². The molecule has 106 valence electrons. The summed E-state index contributed by atoms with van der Waals surface area (Å²) in [4.78, 5) is 0. The number of hydrogen-bond donors (Lipinski definition) is 1. The molecule has 0 amide bonds. The summed E-state index contributed by atoms with van der Waals surface area (Å²) in [6, 6.07) is 4.82. The van der Waals surface area contributed by atoms with Gasteiger partial charge in [0, 0.05) is 6.54 Å². The van der Waals surface area contributed by atoms with Gasteiger partial charge in [-0.15, -0.1) is 0 Å². The molecule has 1 aromatic carbocycles. The lowest BCUT2D eigenvalue weighted by Crippen LogP contribution is -2.26. The highest BCUT2D eigenvalue weighted by atomic mass is 32.2. The highest BCUT2D eigenvalue weighted by molar-refractivity contribution is 7.91. The van der Waals surface area contributed by atoms with Gasteiger partial charge in [-0.05, 0) is 24.6 Å². The molecule has 1 saturated heterocycles. The maximum atomic E-state index is 12.8. The van der Waals surface area contributed by atoms with Gasteiger partial charge >= 0.3 is 6.18 Å². The van der Waals surface area contributed by atoms with Crippen LogP contribution in [0.15, 0.2) is 24.3 Å². The van der Waals surface area contributed by atoms with Gasteiger partial charge in [0.1, 0.15) is 0 Å². The van der Waals surface area contributed by atoms with Crippen LogP contribution >= 0.6 is 0 Å². The van der Waals surface area contributed by atoms with Crippen molar-refractivity contribution in [2.45, 2.75) is 23.6 Å². The molecule has 1 atom stereocenters. The van der Waals surface area contributed by atoms with E-state index in [0.29, 0.717) is 19.5 Å². The van der Waals surface area contributed by atoms with E-state index in [-0.39, 0.29) is 5.56 Å². The van der Waals surface area contributed by atoms with Crippen LogP contribution in [0.1, 0.15) is 17.5 Å². The number of rotatable bonds is 3. The Bertz CT molecular complexity index is 548. The summed E-state index contributed by atoms with van der Waals surface area (Å²) in [5, 5.41) is 2.32. The van der Waals surface area contributed by atoms with Crippen molar-refractivity contribution in [2.24, 2.45) is 0 Å². The summed E-state index contributed by atoms with van der Waals surface area (Å²) in [6.45, 7) is 0.904. The number of nitrogens with one attached hydrogen (secondary N) is 1. The van der Waals surface area contributed by atoms with Crippen molar-refractivity contribution in [2.75, 3.05) is 13.1 Å². The Kier molecular flexibility index (Phi) is 3.87. The van der Waals surface area contributed by atoms with Gasteiger partial charge in [0.2, 0.25) is 0 Å². The van der Waals surface area contributed by atoms with Crippen LogP contribution in [0.3, 0.4) is 0 Å². The fourth-order valence-electron chi connectivity index (χ4n) is 2.19. The molecule has 1 aliphatic heterocycles. The third kappa shape index (κ3) is 3.27. The minimum absolute atomic E-state index is 0.179. The van der Waals surface area contributed by atoms with E-state index in [0.717, 1.165) is 6.07 Å². The predicted molar refractivity (Wildman–Crippen MR) is 65.3 cm³/mol. The normalized spacial score (nSPS) is 20.7. The standard InChI is InChI=1S/C12H14F3NO2S/c13-12(14,15)11-4-2-1-3-9(11)8-19(17,18)10-5-6-16-7-10/h1-4,10,16H,5-8H2. The van der Waals surface area contributed by atoms with Crippen molar-refractivity contribution in [1.29, 1.82) is 0 Å². The Morgan fingerprint density at radius 2 is 1.95 bits per heavy atom. The Balaban J connectivity index is 2.29. The van der Waals surface area contributed by atoms with Crippen LogP contribution in [0.25, 0.3) is 0 Å². The molecule has 0 saturated carbocycles. The molecular weight excluding hydrogens is 279 g/mol. The quantitative estimate of drug-likeness (QED) is 0.927. The molecule has 1 aliphatic rings. The zero-order valence-corrected chi connectivity index (χ0v) is 10.9. The van der Waals surface area contributed by atoms with Gasteiger partial charge in [-0.25, -0.2) is 8.42 Å². The van der Waals surface area contributed by atoms with Crippen LogP contribution < -0.4 is 5.32 Å². The third-order valence-corrected chi connectivity index (χ3v) is 5.33. The fourth-order valence-corrected chi connectivity index (χ4v) is 3.96. The van der Waals surface area contributed by atoms with Gasteiger partial charge in [-0.2, -0.15) is 13.2 Å². The molecule has 0 bridgehead atoms. The van der Waals surface area contributed by atoms with E-state index in [1.54, 1.807) is 0 Å². The van der Waals surface area contributed by atoms with Crippen LogP contribution in [0.4, 0.5) is 13.2 Å². The zero-order chi connectivity index (χ0) is 14.1. The first-order chi connectivity index (χ1) is 8.81. The van der Waals surface area contributed by atoms with Crippen molar-refractivity contribution in [3.8, 4) is 0 Å². The summed E-state index contributed by atoms with van der Waals surface area (Å²) in [6.07, 6.45) is -4.07. The van der Waals surface area contributed by atoms with Gasteiger partial charge in [0.15, 0.2) is 9.84 Å². The van der Waals surface area contributed by atoms with Gasteiger partial charge in [-0.3, -0.25) is 0 Å². The Morgan fingerprint density at radius 3 is 2.53 bits per heavy atom. The lowest BCUT2D eigenvalue weighted by Gasteiger charge is -2.15. The Morgan fingerprint density at radius 1 is 1.26 bits per heavy atom. The van der Waals surface area contributed by atoms with Crippen LogP contribution in [0.5, 0.6) is 0 Å². The molecule has 3 nitrogen and oxygen atoms in total. The Labute approximate surface area is 109 Å². The van der Waals surface area contributed by atoms with Gasteiger partial charge in [-0.1, -0.05) is 18.2 Å². The molecule has 1 aromatic rings. The van der Waals surface area contributed by atoms with E-state index in [2.05, 4.69) is 5.32 Å². The molecule has 2 rings (SSSR count). The van der Waals surface area contributed by atoms with Crippen molar-refractivity contribution >= 4 is 9.84 Å². The number of alkyl halides is 3. The third-order valence-electron chi connectivity index (χ3n) is 3.20. The van der Waals surface area contributed by atoms with Crippen molar-refractivity contribution < 1.29 is 21.6 Å². The molecule has 1 heterocycles. The monoisotopic (exact) mass is 293 g/mol. The number of sulfone groups is 1. The topological polar surface area (TPSA) is 46.2 Å². The molecule has 0 spiro atoms. The van der Waals surface area contributed by atoms with Gasteiger partial charge in [0.25, 0.3) is 0 Å². The van der Waals surface area contributed by atoms with Crippen LogP contribution in [-0.2, 0) is 21.8 Å². The van der Waals surface area contributed by atoms with Crippen LogP contribution in [0, 0.1) is 0 Å². The lowest BCUT2D eigenvalue weighted by atomic mass is 10.1. The SMILES string of the molecule is O=S(=O)(Cc1ccccc1C(F)(F)F)C1CCNC1. The molecule has 1 unspecified atom stereocenters. The first kappa shape index (κ1) is 14.3. The molecule has 0 aromatic heterocycles. The summed E-state index contributed by atoms with van der Waals surface area (Å²) >= 11 is 0. The number of halogens is 3. The first-order valence-electron chi connectivity index (χ1n) is 5.88. The summed E-state index contributed by atoms with van der Waals surface area (Å²) in [5.41, 5.74) is -1.05. The average Bonchev–Trinajstić information content (AvgIpc) is 2.81. The maximum Gasteiger partial charge on any atom is 0.416 e. The van der Waals surface area contributed by atoms with Crippen LogP contribution in [-0.4, -0.2) is 26.8 Å². The highest BCUT2D eigenvalue weighted by Crippen LogP contribution is 2.33. The van der Waals surface area contributed by atoms with E-state index in [4.69, 9.17) is 0 Å². The maximum absolute atomic E-state index is 12.8. The lowest BCUT2D eigenvalue weighted by molar-refractivity contribution is -0.138. The summed E-state index contributed by atoms with van der Waals surface area (Å²) < 4.78 is 62.5. The number of benzene rings is 1. The minimum atomic E-state index is -4.53. The zero-order valence-electron chi connectivity index (χ0n) is 10.1. The van der Waals surface area contributed by atoms with E-state index in [1.165, 1.54) is 18.2 Å². The molecule has 0 radical (unpaired) electrons.